The zero-order valence-corrected chi connectivity index (χ0v) is 12.5. The van der Waals surface area contributed by atoms with Crippen molar-refractivity contribution in [3.63, 3.8) is 0 Å². The molecule has 0 aromatic heterocycles. The highest BCUT2D eigenvalue weighted by Gasteiger charge is 2.12. The number of nitro groups is 1. The predicted molar refractivity (Wildman–Crippen MR) is 84.2 cm³/mol. The van der Waals surface area contributed by atoms with E-state index in [4.69, 9.17) is 0 Å². The number of non-ortho nitro benzene ring substituents is 1. The molecule has 0 bridgehead atoms. The SMILES string of the molecule is Cc1cccc([C@@H](C)NC(C)c2ccc([N+](=O)[O-])cc2)c1. The third-order valence-electron chi connectivity index (χ3n) is 3.65. The standard InChI is InChI=1S/C17H20N2O2/c1-12-5-4-6-16(11-12)14(3)18-13(2)15-7-9-17(10-8-15)19(20)21/h4-11,13-14,18H,1-3H3/t13?,14-/m1/s1. The van der Waals surface area contributed by atoms with Crippen LogP contribution < -0.4 is 5.32 Å². The van der Waals surface area contributed by atoms with Gasteiger partial charge in [-0.1, -0.05) is 42.0 Å². The first-order chi connectivity index (χ1) is 9.97. The second-order valence-electron chi connectivity index (χ2n) is 5.37. The van der Waals surface area contributed by atoms with E-state index in [1.54, 1.807) is 24.3 Å². The Morgan fingerprint density at radius 3 is 2.19 bits per heavy atom. The van der Waals surface area contributed by atoms with Gasteiger partial charge in [0.05, 0.1) is 4.92 Å². The smallest absolute Gasteiger partial charge is 0.269 e. The van der Waals surface area contributed by atoms with Crippen LogP contribution >= 0.6 is 0 Å². The van der Waals surface area contributed by atoms with Crippen LogP contribution in [0.25, 0.3) is 0 Å². The minimum absolute atomic E-state index is 0.123. The molecule has 2 rings (SSSR count). The van der Waals surface area contributed by atoms with Crippen LogP contribution in [0.4, 0.5) is 5.69 Å². The lowest BCUT2D eigenvalue weighted by molar-refractivity contribution is -0.384. The maximum absolute atomic E-state index is 10.7. The maximum Gasteiger partial charge on any atom is 0.269 e. The van der Waals surface area contributed by atoms with Crippen molar-refractivity contribution in [3.8, 4) is 0 Å². The van der Waals surface area contributed by atoms with Gasteiger partial charge in [0.2, 0.25) is 0 Å². The van der Waals surface area contributed by atoms with Crippen molar-refractivity contribution >= 4 is 5.69 Å². The van der Waals surface area contributed by atoms with Crippen LogP contribution in [-0.4, -0.2) is 4.92 Å². The monoisotopic (exact) mass is 284 g/mol. The summed E-state index contributed by atoms with van der Waals surface area (Å²) in [7, 11) is 0. The van der Waals surface area contributed by atoms with Gasteiger partial charge < -0.3 is 5.32 Å². The number of hydrogen-bond donors (Lipinski definition) is 1. The van der Waals surface area contributed by atoms with Gasteiger partial charge in [-0.15, -0.1) is 0 Å². The first-order valence-corrected chi connectivity index (χ1v) is 7.04. The lowest BCUT2D eigenvalue weighted by Gasteiger charge is -2.21. The van der Waals surface area contributed by atoms with E-state index in [1.165, 1.54) is 11.1 Å². The lowest BCUT2D eigenvalue weighted by Crippen LogP contribution is -2.22. The fourth-order valence-electron chi connectivity index (χ4n) is 2.39. The van der Waals surface area contributed by atoms with Gasteiger partial charge in [-0.25, -0.2) is 0 Å². The number of rotatable bonds is 5. The molecule has 0 amide bonds. The summed E-state index contributed by atoms with van der Waals surface area (Å²) in [6.45, 7) is 6.26. The summed E-state index contributed by atoms with van der Waals surface area (Å²) < 4.78 is 0. The summed E-state index contributed by atoms with van der Waals surface area (Å²) >= 11 is 0. The zero-order valence-electron chi connectivity index (χ0n) is 12.5. The molecule has 0 aliphatic carbocycles. The van der Waals surface area contributed by atoms with E-state index >= 15 is 0 Å². The Morgan fingerprint density at radius 2 is 1.62 bits per heavy atom. The molecule has 0 heterocycles. The number of nitro benzene ring substituents is 1. The van der Waals surface area contributed by atoms with Crippen molar-refractivity contribution in [1.82, 2.24) is 5.32 Å². The van der Waals surface area contributed by atoms with Gasteiger partial charge in [0, 0.05) is 24.2 Å². The normalized spacial score (nSPS) is 13.7. The Bertz CT molecular complexity index is 623. The average Bonchev–Trinajstić information content (AvgIpc) is 2.47. The third-order valence-corrected chi connectivity index (χ3v) is 3.65. The molecule has 110 valence electrons. The lowest BCUT2D eigenvalue weighted by atomic mass is 10.0. The number of nitrogens with one attached hydrogen (secondary N) is 1. The van der Waals surface area contributed by atoms with Crippen molar-refractivity contribution in [3.05, 3.63) is 75.3 Å². The summed E-state index contributed by atoms with van der Waals surface area (Å²) in [5, 5.41) is 14.2. The van der Waals surface area contributed by atoms with Gasteiger partial charge >= 0.3 is 0 Å². The molecule has 0 saturated carbocycles. The first kappa shape index (κ1) is 15.2. The van der Waals surface area contributed by atoms with Crippen LogP contribution in [0.15, 0.2) is 48.5 Å². The molecule has 0 fully saturated rings. The quantitative estimate of drug-likeness (QED) is 0.657. The highest BCUT2D eigenvalue weighted by atomic mass is 16.6. The molecule has 0 radical (unpaired) electrons. The van der Waals surface area contributed by atoms with Crippen LogP contribution in [-0.2, 0) is 0 Å². The predicted octanol–water partition coefficient (Wildman–Crippen LogP) is 4.32. The molecule has 1 N–H and O–H groups in total. The number of benzene rings is 2. The summed E-state index contributed by atoms with van der Waals surface area (Å²) in [4.78, 5) is 10.3. The molecule has 1 unspecified atom stereocenters. The van der Waals surface area contributed by atoms with E-state index in [2.05, 4.69) is 50.4 Å². The molecular formula is C17H20N2O2. The molecule has 0 aliphatic rings. The molecule has 4 heteroatoms. The topological polar surface area (TPSA) is 55.2 Å². The highest BCUT2D eigenvalue weighted by molar-refractivity contribution is 5.34. The molecule has 0 spiro atoms. The van der Waals surface area contributed by atoms with Gasteiger partial charge in [-0.3, -0.25) is 10.1 Å². The molecule has 2 aromatic carbocycles. The van der Waals surface area contributed by atoms with E-state index in [0.29, 0.717) is 0 Å². The van der Waals surface area contributed by atoms with Gasteiger partial charge in [-0.05, 0) is 31.9 Å². The van der Waals surface area contributed by atoms with Crippen molar-refractivity contribution in [2.24, 2.45) is 0 Å². The van der Waals surface area contributed by atoms with E-state index in [9.17, 15) is 10.1 Å². The van der Waals surface area contributed by atoms with E-state index in [-0.39, 0.29) is 22.7 Å². The summed E-state index contributed by atoms with van der Waals surface area (Å²) in [5.74, 6) is 0. The zero-order chi connectivity index (χ0) is 15.4. The second-order valence-corrected chi connectivity index (χ2v) is 5.37. The molecule has 4 nitrogen and oxygen atoms in total. The fraction of sp³-hybridized carbons (Fsp3) is 0.294. The van der Waals surface area contributed by atoms with Crippen molar-refractivity contribution in [2.75, 3.05) is 0 Å². The summed E-state index contributed by atoms with van der Waals surface area (Å²) in [5.41, 5.74) is 3.64. The first-order valence-electron chi connectivity index (χ1n) is 7.04. The molecule has 2 atom stereocenters. The van der Waals surface area contributed by atoms with Gasteiger partial charge in [0.15, 0.2) is 0 Å². The van der Waals surface area contributed by atoms with Gasteiger partial charge in [0.25, 0.3) is 5.69 Å². The van der Waals surface area contributed by atoms with E-state index < -0.39 is 0 Å². The Labute approximate surface area is 125 Å². The molecular weight excluding hydrogens is 264 g/mol. The number of aryl methyl sites for hydroxylation is 1. The largest absolute Gasteiger partial charge is 0.304 e. The van der Waals surface area contributed by atoms with Gasteiger partial charge in [-0.2, -0.15) is 0 Å². The molecule has 21 heavy (non-hydrogen) atoms. The average molecular weight is 284 g/mol. The number of hydrogen-bond acceptors (Lipinski definition) is 3. The fourth-order valence-corrected chi connectivity index (χ4v) is 2.39. The van der Waals surface area contributed by atoms with Crippen LogP contribution in [0.3, 0.4) is 0 Å². The second kappa shape index (κ2) is 6.50. The van der Waals surface area contributed by atoms with Crippen LogP contribution in [0, 0.1) is 17.0 Å². The minimum Gasteiger partial charge on any atom is -0.304 e. The van der Waals surface area contributed by atoms with E-state index in [0.717, 1.165) is 5.56 Å². The Balaban J connectivity index is 2.06. The Morgan fingerprint density at radius 1 is 1.00 bits per heavy atom. The summed E-state index contributed by atoms with van der Waals surface area (Å²) in [6.07, 6.45) is 0. The summed E-state index contributed by atoms with van der Waals surface area (Å²) in [6, 6.07) is 15.5. The maximum atomic E-state index is 10.7. The van der Waals surface area contributed by atoms with Crippen LogP contribution in [0.1, 0.15) is 42.6 Å². The molecule has 0 saturated heterocycles. The van der Waals surface area contributed by atoms with Crippen molar-refractivity contribution in [1.29, 1.82) is 0 Å². The highest BCUT2D eigenvalue weighted by Crippen LogP contribution is 2.22. The number of nitrogens with zero attached hydrogens (tertiary/aromatic N) is 1. The molecule has 2 aromatic rings. The van der Waals surface area contributed by atoms with Gasteiger partial charge in [0.1, 0.15) is 0 Å². The van der Waals surface area contributed by atoms with Crippen molar-refractivity contribution < 1.29 is 4.92 Å². The van der Waals surface area contributed by atoms with E-state index in [1.807, 2.05) is 0 Å². The minimum atomic E-state index is -0.378. The van der Waals surface area contributed by atoms with Crippen LogP contribution in [0.2, 0.25) is 0 Å². The Hall–Kier alpha value is -2.20. The third kappa shape index (κ3) is 3.89. The Kier molecular flexibility index (Phi) is 4.70. The van der Waals surface area contributed by atoms with Crippen molar-refractivity contribution in [2.45, 2.75) is 32.9 Å². The van der Waals surface area contributed by atoms with Crippen LogP contribution in [0.5, 0.6) is 0 Å². The molecule has 0 aliphatic heterocycles.